The number of ether oxygens (including phenoxy) is 1. The van der Waals surface area contributed by atoms with Gasteiger partial charge in [0.15, 0.2) is 5.16 Å². The molecule has 0 aliphatic carbocycles. The van der Waals surface area contributed by atoms with Crippen molar-refractivity contribution in [2.45, 2.75) is 19.0 Å². The van der Waals surface area contributed by atoms with Crippen molar-refractivity contribution in [1.29, 1.82) is 0 Å². The number of rotatable bonds is 3. The number of thioether (sulfide) groups is 1. The van der Waals surface area contributed by atoms with Gasteiger partial charge in [-0.15, -0.1) is 11.3 Å². The molecule has 1 aliphatic heterocycles. The summed E-state index contributed by atoms with van der Waals surface area (Å²) in [5, 5.41) is 6.28. The zero-order valence-electron chi connectivity index (χ0n) is 16.8. The third kappa shape index (κ3) is 3.35. The fourth-order valence-corrected chi connectivity index (χ4v) is 5.62. The summed E-state index contributed by atoms with van der Waals surface area (Å²) >= 11 is 8.46. The first kappa shape index (κ1) is 20.9. The number of carbonyl (C=O) groups excluding carboxylic acids is 1. The second-order valence-electron chi connectivity index (χ2n) is 6.93. The van der Waals surface area contributed by atoms with E-state index in [1.54, 1.807) is 38.1 Å². The molecule has 0 saturated heterocycles. The van der Waals surface area contributed by atoms with Gasteiger partial charge < -0.3 is 9.15 Å². The summed E-state index contributed by atoms with van der Waals surface area (Å²) in [6.07, 6.45) is 0. The van der Waals surface area contributed by atoms with E-state index in [4.69, 9.17) is 20.8 Å². The molecule has 5 rings (SSSR count). The monoisotopic (exact) mass is 487 g/mol. The summed E-state index contributed by atoms with van der Waals surface area (Å²) in [7, 11) is 0. The molecule has 0 amide bonds. The predicted octanol–water partition coefficient (Wildman–Crippen LogP) is 4.06. The molecule has 0 radical (unpaired) electrons. The maximum absolute atomic E-state index is 13.2. The van der Waals surface area contributed by atoms with Crippen molar-refractivity contribution in [3.8, 4) is 0 Å². The van der Waals surface area contributed by atoms with E-state index in [1.165, 1.54) is 16.4 Å². The standard InChI is InChI=1S/C21H14ClN3O5S2/c1-3-29-20(28)16-9(2)15-17(32-16)23-21-25(18(15)26)24-13(8-31-21)12-7-10-6-11(22)4-5-14(10)30-19(12)27/h4-7H,3,8H2,1-2H3. The van der Waals surface area contributed by atoms with Gasteiger partial charge in [-0.2, -0.15) is 9.78 Å². The lowest BCUT2D eigenvalue weighted by Crippen LogP contribution is -2.28. The second kappa shape index (κ2) is 7.88. The van der Waals surface area contributed by atoms with Crippen LogP contribution in [0.1, 0.15) is 27.7 Å². The molecular weight excluding hydrogens is 474 g/mol. The van der Waals surface area contributed by atoms with Gasteiger partial charge in [0.2, 0.25) is 0 Å². The Kier molecular flexibility index (Phi) is 5.15. The molecule has 4 heterocycles. The Bertz CT molecular complexity index is 1580. The number of halogens is 1. The quantitative estimate of drug-likeness (QED) is 0.244. The molecular formula is C21H14ClN3O5S2. The second-order valence-corrected chi connectivity index (χ2v) is 9.31. The minimum absolute atomic E-state index is 0.235. The van der Waals surface area contributed by atoms with Gasteiger partial charge in [-0.25, -0.2) is 14.6 Å². The number of nitrogens with zero attached hydrogens (tertiary/aromatic N) is 3. The molecule has 0 fully saturated rings. The lowest BCUT2D eigenvalue weighted by molar-refractivity contribution is 0.0531. The number of benzene rings is 1. The van der Waals surface area contributed by atoms with Crippen LogP contribution in [0.3, 0.4) is 0 Å². The Balaban J connectivity index is 1.68. The minimum atomic E-state index is -0.555. The molecule has 4 aromatic rings. The smallest absolute Gasteiger partial charge is 0.348 e. The molecule has 0 bridgehead atoms. The summed E-state index contributed by atoms with van der Waals surface area (Å²) in [4.78, 5) is 43.4. The van der Waals surface area contributed by atoms with Crippen LogP contribution >= 0.6 is 34.7 Å². The van der Waals surface area contributed by atoms with Crippen LogP contribution in [0.5, 0.6) is 0 Å². The minimum Gasteiger partial charge on any atom is -0.462 e. The van der Waals surface area contributed by atoms with Crippen molar-refractivity contribution in [1.82, 2.24) is 9.66 Å². The number of hydrogen-bond acceptors (Lipinski definition) is 9. The zero-order valence-corrected chi connectivity index (χ0v) is 19.2. The Morgan fingerprint density at radius 2 is 2.12 bits per heavy atom. The van der Waals surface area contributed by atoms with Crippen LogP contribution in [0.2, 0.25) is 5.02 Å². The SMILES string of the molecule is CCOC(=O)c1sc2nc3n(c(=O)c2c1C)N=C(c1cc2cc(Cl)ccc2oc1=O)CS3. The molecule has 11 heteroatoms. The van der Waals surface area contributed by atoms with Crippen molar-refractivity contribution in [3.05, 3.63) is 66.1 Å². The molecule has 162 valence electrons. The van der Waals surface area contributed by atoms with Gasteiger partial charge in [-0.3, -0.25) is 4.79 Å². The van der Waals surface area contributed by atoms with Crippen LogP contribution in [0, 0.1) is 6.92 Å². The van der Waals surface area contributed by atoms with Crippen molar-refractivity contribution in [2.24, 2.45) is 5.10 Å². The van der Waals surface area contributed by atoms with Crippen molar-refractivity contribution >= 4 is 67.6 Å². The Morgan fingerprint density at radius 1 is 1.31 bits per heavy atom. The first-order valence-electron chi connectivity index (χ1n) is 9.55. The average molecular weight is 488 g/mol. The number of aromatic nitrogens is 2. The van der Waals surface area contributed by atoms with E-state index >= 15 is 0 Å². The summed E-state index contributed by atoms with van der Waals surface area (Å²) < 4.78 is 11.7. The van der Waals surface area contributed by atoms with Gasteiger partial charge in [0, 0.05) is 16.2 Å². The van der Waals surface area contributed by atoms with Crippen LogP contribution in [0.15, 0.2) is 48.5 Å². The van der Waals surface area contributed by atoms with E-state index in [9.17, 15) is 14.4 Å². The van der Waals surface area contributed by atoms with Gasteiger partial charge >= 0.3 is 11.6 Å². The van der Waals surface area contributed by atoms with Crippen LogP contribution < -0.4 is 11.2 Å². The molecule has 1 aliphatic rings. The number of esters is 1. The first-order valence-corrected chi connectivity index (χ1v) is 11.7. The zero-order chi connectivity index (χ0) is 22.6. The number of hydrogen-bond donors (Lipinski definition) is 0. The summed E-state index contributed by atoms with van der Waals surface area (Å²) in [6.45, 7) is 3.64. The highest BCUT2D eigenvalue weighted by Crippen LogP contribution is 2.31. The van der Waals surface area contributed by atoms with Crippen LogP contribution in [-0.2, 0) is 4.74 Å². The van der Waals surface area contributed by atoms with Gasteiger partial charge in [-0.1, -0.05) is 23.4 Å². The van der Waals surface area contributed by atoms with Gasteiger partial charge in [0.05, 0.1) is 23.3 Å². The molecule has 0 atom stereocenters. The molecule has 3 aromatic heterocycles. The third-order valence-corrected chi connectivity index (χ3v) is 7.28. The number of fused-ring (bicyclic) bond motifs is 3. The van der Waals surface area contributed by atoms with Crippen molar-refractivity contribution < 1.29 is 13.9 Å². The molecule has 32 heavy (non-hydrogen) atoms. The number of thiophene rings is 1. The fraction of sp³-hybridized carbons (Fsp3) is 0.190. The van der Waals surface area contributed by atoms with Crippen LogP contribution in [0.25, 0.3) is 21.2 Å². The lowest BCUT2D eigenvalue weighted by Gasteiger charge is -2.15. The summed E-state index contributed by atoms with van der Waals surface area (Å²) in [6, 6.07) is 6.61. The molecule has 8 nitrogen and oxygen atoms in total. The molecule has 0 saturated carbocycles. The van der Waals surface area contributed by atoms with Crippen LogP contribution in [0.4, 0.5) is 0 Å². The normalized spacial score (nSPS) is 13.3. The first-order chi connectivity index (χ1) is 15.4. The molecule has 1 aromatic carbocycles. The number of carbonyl (C=O) groups is 1. The predicted molar refractivity (Wildman–Crippen MR) is 125 cm³/mol. The molecule has 0 unspecified atom stereocenters. The van der Waals surface area contributed by atoms with Gasteiger partial charge in [0.25, 0.3) is 5.56 Å². The van der Waals surface area contributed by atoms with Crippen LogP contribution in [-0.4, -0.2) is 33.7 Å². The highest BCUT2D eigenvalue weighted by molar-refractivity contribution is 7.99. The molecule has 0 spiro atoms. The topological polar surface area (TPSA) is 104 Å². The lowest BCUT2D eigenvalue weighted by atomic mass is 10.1. The maximum atomic E-state index is 13.2. The van der Waals surface area contributed by atoms with E-state index in [1.807, 2.05) is 0 Å². The van der Waals surface area contributed by atoms with E-state index in [-0.39, 0.29) is 12.2 Å². The largest absolute Gasteiger partial charge is 0.462 e. The highest BCUT2D eigenvalue weighted by atomic mass is 35.5. The van der Waals surface area contributed by atoms with Gasteiger partial charge in [-0.05, 0) is 43.7 Å². The van der Waals surface area contributed by atoms with E-state index < -0.39 is 17.2 Å². The number of aryl methyl sites for hydroxylation is 1. The Labute approximate surface area is 193 Å². The third-order valence-electron chi connectivity index (χ3n) is 4.94. The van der Waals surface area contributed by atoms with E-state index in [2.05, 4.69) is 10.1 Å². The van der Waals surface area contributed by atoms with E-state index in [0.29, 0.717) is 53.3 Å². The van der Waals surface area contributed by atoms with Crippen molar-refractivity contribution in [2.75, 3.05) is 12.4 Å². The van der Waals surface area contributed by atoms with Gasteiger partial charge in [0.1, 0.15) is 15.3 Å². The summed E-state index contributed by atoms with van der Waals surface area (Å²) in [5.41, 5.74) is 0.587. The Hall–Kier alpha value is -2.95. The Morgan fingerprint density at radius 3 is 2.91 bits per heavy atom. The highest BCUT2D eigenvalue weighted by Gasteiger charge is 2.25. The maximum Gasteiger partial charge on any atom is 0.348 e. The average Bonchev–Trinajstić information content (AvgIpc) is 3.10. The molecule has 0 N–H and O–H groups in total. The van der Waals surface area contributed by atoms with Crippen molar-refractivity contribution in [3.63, 3.8) is 0 Å². The summed E-state index contributed by atoms with van der Waals surface area (Å²) in [5.74, 6) is -0.163. The fourth-order valence-electron chi connectivity index (χ4n) is 3.44. The van der Waals surface area contributed by atoms with E-state index in [0.717, 1.165) is 11.3 Å².